The van der Waals surface area contributed by atoms with E-state index in [-0.39, 0.29) is 5.82 Å². The predicted molar refractivity (Wildman–Crippen MR) is 62.0 cm³/mol. The second-order valence-electron chi connectivity index (χ2n) is 4.67. The maximum Gasteiger partial charge on any atom is 0.310 e. The third-order valence-corrected chi connectivity index (χ3v) is 3.45. The molecule has 0 amide bonds. The quantitative estimate of drug-likeness (QED) is 0.825. The third kappa shape index (κ3) is 2.64. The van der Waals surface area contributed by atoms with Crippen LogP contribution in [-0.4, -0.2) is 17.6 Å². The van der Waals surface area contributed by atoms with Gasteiger partial charge in [-0.25, -0.2) is 4.39 Å². The highest BCUT2D eigenvalue weighted by molar-refractivity contribution is 5.76. The van der Waals surface area contributed by atoms with Gasteiger partial charge < -0.3 is 10.4 Å². The zero-order chi connectivity index (χ0) is 12.3. The van der Waals surface area contributed by atoms with Crippen LogP contribution in [0.2, 0.25) is 0 Å². The van der Waals surface area contributed by atoms with Crippen LogP contribution in [0.25, 0.3) is 0 Å². The Bertz CT molecular complexity index is 416. The number of nitrogens with one attached hydrogen (secondary N) is 1. The molecule has 0 atom stereocenters. The Morgan fingerprint density at radius 2 is 2.24 bits per heavy atom. The first kappa shape index (κ1) is 12.0. The smallest absolute Gasteiger partial charge is 0.310 e. The second-order valence-corrected chi connectivity index (χ2v) is 4.67. The number of benzene rings is 1. The Hall–Kier alpha value is -1.42. The van der Waals surface area contributed by atoms with E-state index in [0.717, 1.165) is 24.8 Å². The Labute approximate surface area is 99.7 Å². The number of halogens is 1. The van der Waals surface area contributed by atoms with Crippen LogP contribution < -0.4 is 5.32 Å². The van der Waals surface area contributed by atoms with Crippen LogP contribution in [0.5, 0.6) is 0 Å². The third-order valence-electron chi connectivity index (χ3n) is 3.45. The molecule has 1 aliphatic carbocycles. The fraction of sp³-hybridized carbons (Fsp3) is 0.462. The van der Waals surface area contributed by atoms with E-state index < -0.39 is 11.4 Å². The second kappa shape index (κ2) is 4.84. The molecule has 1 fully saturated rings. The molecule has 0 spiro atoms. The molecule has 0 saturated heterocycles. The molecule has 4 heteroatoms. The maximum atomic E-state index is 12.9. The van der Waals surface area contributed by atoms with Crippen molar-refractivity contribution in [2.45, 2.75) is 25.8 Å². The van der Waals surface area contributed by atoms with Crippen molar-refractivity contribution in [1.29, 1.82) is 0 Å². The molecule has 1 aromatic carbocycles. The summed E-state index contributed by atoms with van der Waals surface area (Å²) in [4.78, 5) is 11.1. The highest BCUT2D eigenvalue weighted by Crippen LogP contribution is 2.40. The van der Waals surface area contributed by atoms with Crippen LogP contribution in [0.4, 0.5) is 4.39 Å². The van der Waals surface area contributed by atoms with Crippen molar-refractivity contribution >= 4 is 5.97 Å². The average Bonchev–Trinajstić information content (AvgIpc) is 2.21. The van der Waals surface area contributed by atoms with Gasteiger partial charge in [-0.3, -0.25) is 4.79 Å². The zero-order valence-electron chi connectivity index (χ0n) is 9.58. The van der Waals surface area contributed by atoms with E-state index in [1.54, 1.807) is 6.07 Å². The molecule has 17 heavy (non-hydrogen) atoms. The Balaban J connectivity index is 1.85. The van der Waals surface area contributed by atoms with Crippen molar-refractivity contribution in [3.63, 3.8) is 0 Å². The summed E-state index contributed by atoms with van der Waals surface area (Å²) in [5, 5.41) is 12.2. The number of hydrogen-bond acceptors (Lipinski definition) is 2. The lowest BCUT2D eigenvalue weighted by Gasteiger charge is -2.37. The number of carbonyl (C=O) groups is 1. The summed E-state index contributed by atoms with van der Waals surface area (Å²) in [6, 6.07) is 6.34. The van der Waals surface area contributed by atoms with Crippen LogP contribution in [0.3, 0.4) is 0 Å². The van der Waals surface area contributed by atoms with Gasteiger partial charge in [0, 0.05) is 13.1 Å². The van der Waals surface area contributed by atoms with Gasteiger partial charge in [-0.05, 0) is 30.5 Å². The number of hydrogen-bond donors (Lipinski definition) is 2. The van der Waals surface area contributed by atoms with Crippen molar-refractivity contribution in [3.05, 3.63) is 35.6 Å². The fourth-order valence-electron chi connectivity index (χ4n) is 2.16. The summed E-state index contributed by atoms with van der Waals surface area (Å²) >= 11 is 0. The topological polar surface area (TPSA) is 49.3 Å². The lowest BCUT2D eigenvalue weighted by molar-refractivity contribution is -0.154. The van der Waals surface area contributed by atoms with Gasteiger partial charge >= 0.3 is 5.97 Å². The van der Waals surface area contributed by atoms with Gasteiger partial charge in [0.2, 0.25) is 0 Å². The maximum absolute atomic E-state index is 12.9. The average molecular weight is 237 g/mol. The van der Waals surface area contributed by atoms with E-state index in [9.17, 15) is 9.18 Å². The molecule has 0 aliphatic heterocycles. The largest absolute Gasteiger partial charge is 0.481 e. The van der Waals surface area contributed by atoms with E-state index in [2.05, 4.69) is 5.32 Å². The Kier molecular flexibility index (Phi) is 3.43. The van der Waals surface area contributed by atoms with E-state index >= 15 is 0 Å². The minimum atomic E-state index is -0.726. The first-order valence-electron chi connectivity index (χ1n) is 5.81. The first-order chi connectivity index (χ1) is 8.12. The molecule has 1 aromatic rings. The van der Waals surface area contributed by atoms with Crippen molar-refractivity contribution in [2.75, 3.05) is 6.54 Å². The summed E-state index contributed by atoms with van der Waals surface area (Å²) in [6.07, 6.45) is 2.45. The normalized spacial score (nSPS) is 17.5. The summed E-state index contributed by atoms with van der Waals surface area (Å²) in [6.45, 7) is 0.964. The zero-order valence-corrected chi connectivity index (χ0v) is 9.58. The van der Waals surface area contributed by atoms with Crippen LogP contribution >= 0.6 is 0 Å². The van der Waals surface area contributed by atoms with Crippen molar-refractivity contribution in [2.24, 2.45) is 5.41 Å². The van der Waals surface area contributed by atoms with Crippen LogP contribution in [0.1, 0.15) is 24.8 Å². The lowest BCUT2D eigenvalue weighted by atomic mass is 9.69. The fourth-order valence-corrected chi connectivity index (χ4v) is 2.16. The molecule has 1 saturated carbocycles. The van der Waals surface area contributed by atoms with Gasteiger partial charge in [-0.2, -0.15) is 0 Å². The molecule has 2 N–H and O–H groups in total. The number of aliphatic carboxylic acids is 1. The van der Waals surface area contributed by atoms with Crippen molar-refractivity contribution in [3.8, 4) is 0 Å². The highest BCUT2D eigenvalue weighted by Gasteiger charge is 2.43. The van der Waals surface area contributed by atoms with Gasteiger partial charge in [-0.15, -0.1) is 0 Å². The molecule has 0 heterocycles. The highest BCUT2D eigenvalue weighted by atomic mass is 19.1. The first-order valence-corrected chi connectivity index (χ1v) is 5.81. The summed E-state index contributed by atoms with van der Waals surface area (Å²) in [5.41, 5.74) is 0.248. The minimum Gasteiger partial charge on any atom is -0.481 e. The van der Waals surface area contributed by atoms with Gasteiger partial charge in [-0.1, -0.05) is 18.6 Å². The molecular weight excluding hydrogens is 221 g/mol. The van der Waals surface area contributed by atoms with Gasteiger partial charge in [0.1, 0.15) is 5.82 Å². The van der Waals surface area contributed by atoms with Gasteiger partial charge in [0.05, 0.1) is 5.41 Å². The standard InChI is InChI=1S/C13H16FNO2/c14-11-4-1-3-10(7-11)8-15-9-13(12(16)17)5-2-6-13/h1,3-4,7,15H,2,5-6,8-9H2,(H,16,17). The SMILES string of the molecule is O=C(O)C1(CNCc2cccc(F)c2)CCC1. The Morgan fingerprint density at radius 3 is 2.76 bits per heavy atom. The molecule has 0 aromatic heterocycles. The molecule has 2 rings (SSSR count). The number of carboxylic acids is 1. The van der Waals surface area contributed by atoms with Gasteiger partial charge in [0.15, 0.2) is 0 Å². The monoisotopic (exact) mass is 237 g/mol. The van der Waals surface area contributed by atoms with E-state index in [1.165, 1.54) is 12.1 Å². The number of carboxylic acid groups (broad SMARTS) is 1. The molecule has 0 radical (unpaired) electrons. The van der Waals surface area contributed by atoms with Crippen LogP contribution in [-0.2, 0) is 11.3 Å². The summed E-state index contributed by atoms with van der Waals surface area (Å²) in [7, 11) is 0. The van der Waals surface area contributed by atoms with E-state index in [0.29, 0.717) is 13.1 Å². The van der Waals surface area contributed by atoms with E-state index in [1.807, 2.05) is 6.07 Å². The van der Waals surface area contributed by atoms with Crippen molar-refractivity contribution in [1.82, 2.24) is 5.32 Å². The molecule has 0 unspecified atom stereocenters. The molecule has 92 valence electrons. The molecule has 3 nitrogen and oxygen atoms in total. The van der Waals surface area contributed by atoms with E-state index in [4.69, 9.17) is 5.11 Å². The van der Waals surface area contributed by atoms with Gasteiger partial charge in [0.25, 0.3) is 0 Å². The number of rotatable bonds is 5. The summed E-state index contributed by atoms with van der Waals surface area (Å²) < 4.78 is 12.9. The molecular formula is C13H16FNO2. The van der Waals surface area contributed by atoms with Crippen LogP contribution in [0, 0.1) is 11.2 Å². The lowest BCUT2D eigenvalue weighted by Crippen LogP contribution is -2.45. The summed E-state index contributed by atoms with van der Waals surface area (Å²) in [5.74, 6) is -0.989. The Morgan fingerprint density at radius 1 is 1.47 bits per heavy atom. The molecule has 1 aliphatic rings. The molecule has 0 bridgehead atoms. The predicted octanol–water partition coefficient (Wildman–Crippen LogP) is 2.17. The van der Waals surface area contributed by atoms with Crippen LogP contribution in [0.15, 0.2) is 24.3 Å². The van der Waals surface area contributed by atoms with Crippen molar-refractivity contribution < 1.29 is 14.3 Å². The minimum absolute atomic E-state index is 0.263.